The molecule has 0 aliphatic rings. The number of carbonyl (C=O) groups excluding carboxylic acids is 1. The van der Waals surface area contributed by atoms with E-state index in [-0.39, 0.29) is 23.2 Å². The van der Waals surface area contributed by atoms with Crippen LogP contribution in [-0.2, 0) is 4.74 Å². The molecule has 0 saturated heterocycles. The van der Waals surface area contributed by atoms with Crippen LogP contribution in [-0.4, -0.2) is 49.0 Å². The van der Waals surface area contributed by atoms with Gasteiger partial charge < -0.3 is 15.4 Å². The van der Waals surface area contributed by atoms with E-state index >= 15 is 0 Å². The monoisotopic (exact) mass is 332 g/mol. The van der Waals surface area contributed by atoms with Crippen LogP contribution in [0.2, 0.25) is 0 Å². The van der Waals surface area contributed by atoms with E-state index in [2.05, 4.69) is 15.7 Å². The Hall–Kier alpha value is -2.25. The molecule has 0 aliphatic heterocycles. The van der Waals surface area contributed by atoms with Crippen molar-refractivity contribution < 1.29 is 9.53 Å². The van der Waals surface area contributed by atoms with E-state index < -0.39 is 0 Å². The molecule has 130 valence electrons. The summed E-state index contributed by atoms with van der Waals surface area (Å²) >= 11 is 0. The molecule has 0 fully saturated rings. The molecule has 24 heavy (non-hydrogen) atoms. The highest BCUT2D eigenvalue weighted by atomic mass is 16.5. The molecule has 2 rings (SSSR count). The molecular weight excluding hydrogens is 308 g/mol. The summed E-state index contributed by atoms with van der Waals surface area (Å²) in [6.45, 7) is 6.19. The predicted molar refractivity (Wildman–Crippen MR) is 93.5 cm³/mol. The number of nitrogens with one attached hydrogen (secondary N) is 2. The van der Waals surface area contributed by atoms with E-state index in [0.717, 1.165) is 6.54 Å². The van der Waals surface area contributed by atoms with Crippen LogP contribution in [0.25, 0.3) is 10.8 Å². The topological polar surface area (TPSA) is 85.2 Å². The van der Waals surface area contributed by atoms with E-state index in [1.54, 1.807) is 31.4 Å². The number of rotatable bonds is 8. The molecule has 0 atom stereocenters. The van der Waals surface area contributed by atoms with Crippen LogP contribution in [0.5, 0.6) is 0 Å². The first-order valence-electron chi connectivity index (χ1n) is 8.05. The highest BCUT2D eigenvalue weighted by molar-refractivity contribution is 6.04. The number of benzene rings is 1. The van der Waals surface area contributed by atoms with Gasteiger partial charge in [0.05, 0.1) is 18.0 Å². The first kappa shape index (κ1) is 18.1. The van der Waals surface area contributed by atoms with Crippen LogP contribution >= 0.6 is 0 Å². The second kappa shape index (κ2) is 8.56. The molecule has 1 aromatic carbocycles. The van der Waals surface area contributed by atoms with Gasteiger partial charge in [-0.25, -0.2) is 4.68 Å². The number of carbonyl (C=O) groups is 1. The van der Waals surface area contributed by atoms with Crippen molar-refractivity contribution >= 4 is 16.7 Å². The molecule has 2 N–H and O–H groups in total. The van der Waals surface area contributed by atoms with E-state index in [9.17, 15) is 9.59 Å². The Kier molecular flexibility index (Phi) is 6.45. The van der Waals surface area contributed by atoms with E-state index in [0.29, 0.717) is 30.5 Å². The van der Waals surface area contributed by atoms with Gasteiger partial charge in [0.1, 0.15) is 0 Å². The van der Waals surface area contributed by atoms with Gasteiger partial charge in [-0.3, -0.25) is 9.59 Å². The summed E-state index contributed by atoms with van der Waals surface area (Å²) in [6.07, 6.45) is 0. The van der Waals surface area contributed by atoms with Crippen molar-refractivity contribution in [2.24, 2.45) is 0 Å². The Morgan fingerprint density at radius 1 is 1.21 bits per heavy atom. The number of methoxy groups -OCH3 is 1. The van der Waals surface area contributed by atoms with Crippen LogP contribution in [0.15, 0.2) is 29.1 Å². The summed E-state index contributed by atoms with van der Waals surface area (Å²) in [5.41, 5.74) is 0.0918. The Bertz CT molecular complexity index is 755. The highest BCUT2D eigenvalue weighted by Gasteiger charge is 2.17. The SMILES string of the molecule is COCCNCCNC(=O)c1nn(C(C)C)c(=O)c2ccccc12. The molecular formula is C17H24N4O3. The molecule has 0 aliphatic carbocycles. The lowest BCUT2D eigenvalue weighted by atomic mass is 10.1. The largest absolute Gasteiger partial charge is 0.383 e. The number of ether oxygens (including phenoxy) is 1. The Labute approximate surface area is 141 Å². The van der Waals surface area contributed by atoms with E-state index in [1.807, 2.05) is 13.8 Å². The molecule has 7 heteroatoms. The van der Waals surface area contributed by atoms with Crippen molar-refractivity contribution in [3.8, 4) is 0 Å². The molecule has 2 aromatic rings. The van der Waals surface area contributed by atoms with Gasteiger partial charge in [0.15, 0.2) is 5.69 Å². The van der Waals surface area contributed by atoms with Gasteiger partial charge in [-0.2, -0.15) is 5.10 Å². The first-order valence-corrected chi connectivity index (χ1v) is 8.05. The van der Waals surface area contributed by atoms with Gasteiger partial charge in [0.25, 0.3) is 11.5 Å². The van der Waals surface area contributed by atoms with Gasteiger partial charge in [-0.15, -0.1) is 0 Å². The fourth-order valence-corrected chi connectivity index (χ4v) is 2.37. The summed E-state index contributed by atoms with van der Waals surface area (Å²) in [5, 5.41) is 11.3. The summed E-state index contributed by atoms with van der Waals surface area (Å²) in [4.78, 5) is 24.9. The fourth-order valence-electron chi connectivity index (χ4n) is 2.37. The minimum atomic E-state index is -0.283. The van der Waals surface area contributed by atoms with Crippen LogP contribution < -0.4 is 16.2 Å². The van der Waals surface area contributed by atoms with Crippen molar-refractivity contribution in [1.29, 1.82) is 0 Å². The zero-order valence-electron chi connectivity index (χ0n) is 14.3. The quantitative estimate of drug-likeness (QED) is 0.703. The Morgan fingerprint density at radius 3 is 2.58 bits per heavy atom. The maximum absolute atomic E-state index is 12.5. The van der Waals surface area contributed by atoms with Crippen molar-refractivity contribution in [2.75, 3.05) is 33.4 Å². The fraction of sp³-hybridized carbons (Fsp3) is 0.471. The molecule has 1 aromatic heterocycles. The number of amides is 1. The zero-order chi connectivity index (χ0) is 17.5. The average molecular weight is 332 g/mol. The number of fused-ring (bicyclic) bond motifs is 1. The maximum atomic E-state index is 12.5. The number of hydrogen-bond donors (Lipinski definition) is 2. The van der Waals surface area contributed by atoms with Crippen LogP contribution in [0.1, 0.15) is 30.4 Å². The van der Waals surface area contributed by atoms with E-state index in [4.69, 9.17) is 4.74 Å². The number of nitrogens with zero attached hydrogens (tertiary/aromatic N) is 2. The smallest absolute Gasteiger partial charge is 0.274 e. The van der Waals surface area contributed by atoms with Crippen LogP contribution in [0.4, 0.5) is 0 Å². The second-order valence-electron chi connectivity index (χ2n) is 5.74. The zero-order valence-corrected chi connectivity index (χ0v) is 14.3. The summed E-state index contributed by atoms with van der Waals surface area (Å²) < 4.78 is 6.30. The standard InChI is InChI=1S/C17H24N4O3/c1-12(2)21-17(23)14-7-5-4-6-13(14)15(20-21)16(22)19-9-8-18-10-11-24-3/h4-7,12,18H,8-11H2,1-3H3,(H,19,22). The van der Waals surface area contributed by atoms with Crippen LogP contribution in [0.3, 0.4) is 0 Å². The third kappa shape index (κ3) is 4.18. The summed E-state index contributed by atoms with van der Waals surface area (Å²) in [6, 6.07) is 6.94. The molecule has 0 spiro atoms. The van der Waals surface area contributed by atoms with Gasteiger partial charge in [-0.05, 0) is 19.9 Å². The molecule has 7 nitrogen and oxygen atoms in total. The molecule has 0 saturated carbocycles. The normalized spacial score (nSPS) is 11.2. The minimum Gasteiger partial charge on any atom is -0.383 e. The first-order chi connectivity index (χ1) is 11.6. The van der Waals surface area contributed by atoms with Gasteiger partial charge in [-0.1, -0.05) is 18.2 Å². The van der Waals surface area contributed by atoms with Crippen molar-refractivity contribution in [3.05, 3.63) is 40.3 Å². The maximum Gasteiger partial charge on any atom is 0.274 e. The Balaban J connectivity index is 2.20. The van der Waals surface area contributed by atoms with Gasteiger partial charge in [0.2, 0.25) is 0 Å². The Morgan fingerprint density at radius 2 is 1.92 bits per heavy atom. The van der Waals surface area contributed by atoms with E-state index in [1.165, 1.54) is 4.68 Å². The molecule has 0 bridgehead atoms. The average Bonchev–Trinajstić information content (AvgIpc) is 2.58. The van der Waals surface area contributed by atoms with Crippen molar-refractivity contribution in [3.63, 3.8) is 0 Å². The molecule has 0 radical (unpaired) electrons. The molecule has 1 amide bonds. The number of aromatic nitrogens is 2. The summed E-state index contributed by atoms with van der Waals surface area (Å²) in [7, 11) is 1.64. The molecule has 1 heterocycles. The van der Waals surface area contributed by atoms with Gasteiger partial charge in [0, 0.05) is 32.1 Å². The third-order valence-corrected chi connectivity index (χ3v) is 3.60. The van der Waals surface area contributed by atoms with Gasteiger partial charge >= 0.3 is 0 Å². The number of hydrogen-bond acceptors (Lipinski definition) is 5. The minimum absolute atomic E-state index is 0.121. The highest BCUT2D eigenvalue weighted by Crippen LogP contribution is 2.14. The second-order valence-corrected chi connectivity index (χ2v) is 5.74. The predicted octanol–water partition coefficient (Wildman–Crippen LogP) is 0.943. The summed E-state index contributed by atoms with van der Waals surface area (Å²) in [5.74, 6) is -0.283. The van der Waals surface area contributed by atoms with Crippen molar-refractivity contribution in [1.82, 2.24) is 20.4 Å². The lowest BCUT2D eigenvalue weighted by molar-refractivity contribution is 0.0948. The molecule has 0 unspecified atom stereocenters. The third-order valence-electron chi connectivity index (χ3n) is 3.60. The lowest BCUT2D eigenvalue weighted by Crippen LogP contribution is -2.35. The van der Waals surface area contributed by atoms with Crippen molar-refractivity contribution in [2.45, 2.75) is 19.9 Å². The van der Waals surface area contributed by atoms with Crippen LogP contribution in [0, 0.1) is 0 Å². The lowest BCUT2D eigenvalue weighted by Gasteiger charge is -2.13.